The lowest BCUT2D eigenvalue weighted by Crippen LogP contribution is -2.22. The van der Waals surface area contributed by atoms with Crippen LogP contribution < -0.4 is 5.56 Å². The second-order valence-electron chi connectivity index (χ2n) is 6.08. The Hall–Kier alpha value is -1.91. The zero-order valence-electron chi connectivity index (χ0n) is 11.8. The Kier molecular flexibility index (Phi) is 2.62. The van der Waals surface area contributed by atoms with E-state index < -0.39 is 11.6 Å². The highest BCUT2D eigenvalue weighted by Gasteiger charge is 2.39. The molecule has 0 spiro atoms. The smallest absolute Gasteiger partial charge is 0.275 e. The van der Waals surface area contributed by atoms with E-state index in [4.69, 9.17) is 0 Å². The molecule has 1 aromatic carbocycles. The molecule has 2 aromatic rings. The molecular weight excluding hydrogens is 274 g/mol. The Morgan fingerprint density at radius 2 is 1.76 bits per heavy atom. The molecule has 0 atom stereocenters. The Morgan fingerprint density at radius 1 is 1.10 bits per heavy atom. The van der Waals surface area contributed by atoms with Gasteiger partial charge in [0.05, 0.1) is 0 Å². The summed E-state index contributed by atoms with van der Waals surface area (Å²) in [4.78, 5) is 12.7. The van der Waals surface area contributed by atoms with Crippen LogP contribution in [0.15, 0.2) is 23.0 Å². The van der Waals surface area contributed by atoms with Crippen LogP contribution in [0.3, 0.4) is 0 Å². The van der Waals surface area contributed by atoms with Gasteiger partial charge in [-0.05, 0) is 43.7 Å². The van der Waals surface area contributed by atoms with Gasteiger partial charge in [-0.2, -0.15) is 0 Å². The molecule has 2 fully saturated rings. The molecule has 21 heavy (non-hydrogen) atoms. The van der Waals surface area contributed by atoms with E-state index in [1.54, 1.807) is 11.7 Å². The predicted octanol–water partition coefficient (Wildman–Crippen LogP) is 3.21. The molecule has 0 radical (unpaired) electrons. The SMILES string of the molecule is Cn1c(C2CC2)c(C2CC2)c(=O)n1-c1cc(F)ccc1F. The largest absolute Gasteiger partial charge is 0.284 e. The number of hydrogen-bond acceptors (Lipinski definition) is 1. The van der Waals surface area contributed by atoms with Crippen LogP contribution in [-0.4, -0.2) is 9.36 Å². The van der Waals surface area contributed by atoms with Crippen molar-refractivity contribution >= 4 is 0 Å². The number of aromatic nitrogens is 2. The summed E-state index contributed by atoms with van der Waals surface area (Å²) in [5.74, 6) is -0.419. The van der Waals surface area contributed by atoms with E-state index in [0.29, 0.717) is 11.8 Å². The summed E-state index contributed by atoms with van der Waals surface area (Å²) in [7, 11) is 1.77. The molecule has 0 bridgehead atoms. The van der Waals surface area contributed by atoms with Gasteiger partial charge >= 0.3 is 0 Å². The number of benzene rings is 1. The van der Waals surface area contributed by atoms with Gasteiger partial charge in [0.15, 0.2) is 0 Å². The van der Waals surface area contributed by atoms with Crippen LogP contribution in [0.1, 0.15) is 48.8 Å². The first-order valence-corrected chi connectivity index (χ1v) is 7.35. The van der Waals surface area contributed by atoms with Crippen molar-refractivity contribution in [2.45, 2.75) is 37.5 Å². The van der Waals surface area contributed by atoms with Gasteiger partial charge in [-0.15, -0.1) is 0 Å². The zero-order chi connectivity index (χ0) is 14.7. The highest BCUT2D eigenvalue weighted by molar-refractivity contribution is 5.39. The van der Waals surface area contributed by atoms with Gasteiger partial charge in [0.2, 0.25) is 0 Å². The molecule has 2 saturated carbocycles. The van der Waals surface area contributed by atoms with Gasteiger partial charge in [0.25, 0.3) is 5.56 Å². The minimum absolute atomic E-state index is 0.00343. The first kappa shape index (κ1) is 12.8. The van der Waals surface area contributed by atoms with Crippen molar-refractivity contribution in [1.29, 1.82) is 0 Å². The third-order valence-electron chi connectivity index (χ3n) is 4.43. The van der Waals surface area contributed by atoms with E-state index >= 15 is 0 Å². The number of hydrogen-bond donors (Lipinski definition) is 0. The lowest BCUT2D eigenvalue weighted by atomic mass is 10.1. The van der Waals surface area contributed by atoms with Crippen molar-refractivity contribution < 1.29 is 8.78 Å². The molecule has 1 aromatic heterocycles. The fourth-order valence-electron chi connectivity index (χ4n) is 3.16. The molecule has 4 rings (SSSR count). The van der Waals surface area contributed by atoms with Crippen molar-refractivity contribution in [1.82, 2.24) is 9.36 Å². The van der Waals surface area contributed by atoms with Crippen molar-refractivity contribution in [3.8, 4) is 5.69 Å². The van der Waals surface area contributed by atoms with Crippen molar-refractivity contribution in [2.75, 3.05) is 0 Å². The van der Waals surface area contributed by atoms with E-state index in [1.165, 1.54) is 4.68 Å². The summed E-state index contributed by atoms with van der Waals surface area (Å²) in [6.07, 6.45) is 4.18. The summed E-state index contributed by atoms with van der Waals surface area (Å²) in [6.45, 7) is 0. The fraction of sp³-hybridized carbons (Fsp3) is 0.438. The standard InChI is InChI=1S/C16H16F2N2O/c1-19-15(10-4-5-10)14(9-2-3-9)16(21)20(19)13-8-11(17)6-7-12(13)18/h6-10H,2-5H2,1H3. The van der Waals surface area contributed by atoms with Gasteiger partial charge in [-0.1, -0.05) is 0 Å². The fourth-order valence-corrected chi connectivity index (χ4v) is 3.16. The molecule has 0 aliphatic heterocycles. The van der Waals surface area contributed by atoms with Crippen LogP contribution in [0.25, 0.3) is 5.69 Å². The topological polar surface area (TPSA) is 26.9 Å². The maximum atomic E-state index is 14.1. The average molecular weight is 290 g/mol. The normalized spacial score (nSPS) is 18.2. The third kappa shape index (κ3) is 1.94. The van der Waals surface area contributed by atoms with Gasteiger partial charge < -0.3 is 0 Å². The van der Waals surface area contributed by atoms with E-state index in [-0.39, 0.29) is 11.2 Å². The molecule has 110 valence electrons. The number of rotatable bonds is 3. The summed E-state index contributed by atoms with van der Waals surface area (Å²) < 4.78 is 30.5. The minimum atomic E-state index is -0.580. The van der Waals surface area contributed by atoms with Crippen molar-refractivity contribution in [3.63, 3.8) is 0 Å². The lowest BCUT2D eigenvalue weighted by molar-refractivity contribution is 0.552. The lowest BCUT2D eigenvalue weighted by Gasteiger charge is -2.10. The maximum Gasteiger partial charge on any atom is 0.275 e. The predicted molar refractivity (Wildman–Crippen MR) is 74.9 cm³/mol. The zero-order valence-corrected chi connectivity index (χ0v) is 11.8. The van der Waals surface area contributed by atoms with E-state index in [2.05, 4.69) is 0 Å². The molecule has 0 saturated heterocycles. The van der Waals surface area contributed by atoms with Gasteiger partial charge in [-0.25, -0.2) is 13.5 Å². The summed E-state index contributed by atoms with van der Waals surface area (Å²) in [6, 6.07) is 3.22. The molecule has 3 nitrogen and oxygen atoms in total. The Labute approximate surface area is 120 Å². The molecule has 1 heterocycles. The van der Waals surface area contributed by atoms with Crippen LogP contribution in [0, 0.1) is 11.6 Å². The maximum absolute atomic E-state index is 14.1. The Bertz CT molecular complexity index is 782. The van der Waals surface area contributed by atoms with E-state index in [0.717, 1.165) is 55.1 Å². The highest BCUT2D eigenvalue weighted by atomic mass is 19.1. The first-order chi connectivity index (χ1) is 10.1. The van der Waals surface area contributed by atoms with Crippen LogP contribution in [0.2, 0.25) is 0 Å². The van der Waals surface area contributed by atoms with Gasteiger partial charge in [0.1, 0.15) is 17.3 Å². The molecular formula is C16H16F2N2O. The van der Waals surface area contributed by atoms with Gasteiger partial charge in [-0.3, -0.25) is 9.48 Å². The third-order valence-corrected chi connectivity index (χ3v) is 4.43. The molecule has 2 aliphatic carbocycles. The van der Waals surface area contributed by atoms with Crippen LogP contribution in [-0.2, 0) is 7.05 Å². The molecule has 0 N–H and O–H groups in total. The highest BCUT2D eigenvalue weighted by Crippen LogP contribution is 2.48. The second-order valence-corrected chi connectivity index (χ2v) is 6.08. The molecule has 0 amide bonds. The number of halogens is 2. The van der Waals surface area contributed by atoms with Crippen LogP contribution in [0.4, 0.5) is 8.78 Å². The number of nitrogens with zero attached hydrogens (tertiary/aromatic N) is 2. The molecule has 5 heteroatoms. The van der Waals surface area contributed by atoms with E-state index in [1.807, 2.05) is 0 Å². The minimum Gasteiger partial charge on any atom is -0.284 e. The Balaban J connectivity index is 1.99. The van der Waals surface area contributed by atoms with Crippen LogP contribution in [0.5, 0.6) is 0 Å². The second kappa shape index (κ2) is 4.29. The summed E-state index contributed by atoms with van der Waals surface area (Å²) in [5.41, 5.74) is 1.65. The monoisotopic (exact) mass is 290 g/mol. The summed E-state index contributed by atoms with van der Waals surface area (Å²) >= 11 is 0. The quantitative estimate of drug-likeness (QED) is 0.852. The van der Waals surface area contributed by atoms with Crippen molar-refractivity contribution in [3.05, 3.63) is 51.4 Å². The van der Waals surface area contributed by atoms with E-state index in [9.17, 15) is 13.6 Å². The van der Waals surface area contributed by atoms with Gasteiger partial charge in [0, 0.05) is 30.3 Å². The summed E-state index contributed by atoms with van der Waals surface area (Å²) in [5, 5.41) is 0. The molecule has 2 aliphatic rings. The van der Waals surface area contributed by atoms with Crippen LogP contribution >= 0.6 is 0 Å². The molecule has 0 unspecified atom stereocenters. The average Bonchev–Trinajstić information content (AvgIpc) is 3.33. The van der Waals surface area contributed by atoms with Crippen molar-refractivity contribution in [2.24, 2.45) is 7.05 Å². The first-order valence-electron chi connectivity index (χ1n) is 7.35. The Morgan fingerprint density at radius 3 is 2.38 bits per heavy atom.